The zero-order valence-corrected chi connectivity index (χ0v) is 18.1. The van der Waals surface area contributed by atoms with Gasteiger partial charge in [0.2, 0.25) is 0 Å². The number of thioether (sulfide) groups is 1. The van der Waals surface area contributed by atoms with Gasteiger partial charge in [0.1, 0.15) is 0 Å². The van der Waals surface area contributed by atoms with E-state index >= 15 is 0 Å². The molecular weight excluding hydrogens is 360 g/mol. The highest BCUT2D eigenvalue weighted by molar-refractivity contribution is 8.18. The van der Waals surface area contributed by atoms with Gasteiger partial charge in [0.25, 0.3) is 5.91 Å². The van der Waals surface area contributed by atoms with Crippen molar-refractivity contribution in [2.75, 3.05) is 7.11 Å². The maximum absolute atomic E-state index is 12.8. The van der Waals surface area contributed by atoms with E-state index in [1.165, 1.54) is 11.8 Å². The van der Waals surface area contributed by atoms with Crippen LogP contribution in [0.4, 0.5) is 0 Å². The Kier molecular flexibility index (Phi) is 7.36. The summed E-state index contributed by atoms with van der Waals surface area (Å²) in [7, 11) is 1.62. The fourth-order valence-corrected chi connectivity index (χ4v) is 3.81. The molecule has 2 rings (SSSR count). The predicted molar refractivity (Wildman–Crippen MR) is 113 cm³/mol. The minimum Gasteiger partial charge on any atom is -0.493 e. The van der Waals surface area contributed by atoms with Gasteiger partial charge in [0, 0.05) is 12.1 Å². The lowest BCUT2D eigenvalue weighted by Crippen LogP contribution is -2.35. The number of methoxy groups -OCH3 is 1. The van der Waals surface area contributed by atoms with Crippen LogP contribution < -0.4 is 9.47 Å². The summed E-state index contributed by atoms with van der Waals surface area (Å²) in [6.07, 6.45) is 2.92. The number of amidine groups is 1. The Hall–Kier alpha value is -1.95. The molecule has 0 aromatic heterocycles. The van der Waals surface area contributed by atoms with Gasteiger partial charge >= 0.3 is 0 Å². The van der Waals surface area contributed by atoms with Crippen LogP contribution in [0.2, 0.25) is 0 Å². The van der Waals surface area contributed by atoms with E-state index in [1.54, 1.807) is 12.0 Å². The highest BCUT2D eigenvalue weighted by Crippen LogP contribution is 2.36. The Morgan fingerprint density at radius 3 is 2.44 bits per heavy atom. The average Bonchev–Trinajstić information content (AvgIpc) is 2.90. The Bertz CT molecular complexity index is 741. The first-order valence-corrected chi connectivity index (χ1v) is 10.2. The van der Waals surface area contributed by atoms with Crippen LogP contribution in [0.3, 0.4) is 0 Å². The molecule has 5 nitrogen and oxygen atoms in total. The van der Waals surface area contributed by atoms with Gasteiger partial charge in [0.15, 0.2) is 16.7 Å². The molecule has 0 bridgehead atoms. The zero-order valence-electron chi connectivity index (χ0n) is 17.3. The highest BCUT2D eigenvalue weighted by atomic mass is 32.2. The average molecular weight is 391 g/mol. The number of hydrogen-bond donors (Lipinski definition) is 0. The molecule has 0 saturated carbocycles. The second-order valence-corrected chi connectivity index (χ2v) is 8.14. The molecule has 0 aliphatic carbocycles. The molecule has 1 aromatic rings. The molecule has 148 valence electrons. The molecule has 0 N–H and O–H groups in total. The molecule has 0 spiro atoms. The van der Waals surface area contributed by atoms with Gasteiger partial charge in [-0.05, 0) is 76.6 Å². The maximum Gasteiger partial charge on any atom is 0.266 e. The first-order chi connectivity index (χ1) is 12.8. The van der Waals surface area contributed by atoms with Crippen LogP contribution >= 0.6 is 11.8 Å². The van der Waals surface area contributed by atoms with Gasteiger partial charge in [0.05, 0.1) is 18.1 Å². The number of carbonyl (C=O) groups excluding carboxylic acids is 1. The summed E-state index contributed by atoms with van der Waals surface area (Å²) in [6, 6.07) is 5.94. The van der Waals surface area contributed by atoms with Crippen LogP contribution in [0, 0.1) is 0 Å². The summed E-state index contributed by atoms with van der Waals surface area (Å²) in [6.45, 7) is 12.1. The summed E-state index contributed by atoms with van der Waals surface area (Å²) < 4.78 is 11.4. The summed E-state index contributed by atoms with van der Waals surface area (Å²) in [5.41, 5.74) is 0.897. The van der Waals surface area contributed by atoms with E-state index in [9.17, 15) is 4.79 Å². The van der Waals surface area contributed by atoms with Crippen molar-refractivity contribution >= 4 is 28.9 Å². The molecule has 1 aliphatic heterocycles. The summed E-state index contributed by atoms with van der Waals surface area (Å²) >= 11 is 1.43. The zero-order chi connectivity index (χ0) is 20.1. The van der Waals surface area contributed by atoms with Crippen molar-refractivity contribution in [3.05, 3.63) is 28.7 Å². The summed E-state index contributed by atoms with van der Waals surface area (Å²) in [5.74, 6) is 1.37. The van der Waals surface area contributed by atoms with Gasteiger partial charge in [-0.25, -0.2) is 0 Å². The molecule has 1 fully saturated rings. The van der Waals surface area contributed by atoms with Gasteiger partial charge in [-0.1, -0.05) is 13.0 Å². The number of amides is 1. The predicted octanol–water partition coefficient (Wildman–Crippen LogP) is 4.96. The molecule has 1 aromatic carbocycles. The third-order valence-corrected chi connectivity index (χ3v) is 5.11. The van der Waals surface area contributed by atoms with Gasteiger partial charge in [-0.15, -0.1) is 0 Å². The number of ether oxygens (including phenoxy) is 2. The lowest BCUT2D eigenvalue weighted by atomic mass is 10.1. The molecule has 1 aliphatic rings. The Balaban J connectivity index is 2.33. The van der Waals surface area contributed by atoms with E-state index in [4.69, 9.17) is 9.47 Å². The second kappa shape index (κ2) is 9.31. The molecule has 0 unspecified atom stereocenters. The van der Waals surface area contributed by atoms with Crippen molar-refractivity contribution in [3.63, 3.8) is 0 Å². The lowest BCUT2D eigenvalue weighted by molar-refractivity contribution is -0.123. The molecule has 1 saturated heterocycles. The number of rotatable bonds is 7. The normalized spacial score (nSPS) is 18.9. The quantitative estimate of drug-likeness (QED) is 0.617. The van der Waals surface area contributed by atoms with Crippen LogP contribution in [0.25, 0.3) is 6.08 Å². The van der Waals surface area contributed by atoms with Crippen LogP contribution in [0.5, 0.6) is 11.5 Å². The van der Waals surface area contributed by atoms with Crippen LogP contribution in [0.1, 0.15) is 53.5 Å². The van der Waals surface area contributed by atoms with Gasteiger partial charge in [-0.3, -0.25) is 14.7 Å². The van der Waals surface area contributed by atoms with Crippen molar-refractivity contribution in [3.8, 4) is 11.5 Å². The minimum absolute atomic E-state index is 0.00621. The molecular formula is C21H30N2O3S. The van der Waals surface area contributed by atoms with E-state index in [-0.39, 0.29) is 24.1 Å². The topological polar surface area (TPSA) is 51.1 Å². The molecule has 1 atom stereocenters. The number of aliphatic imine (C=N–C) groups is 1. The standard InChI is InChI=1S/C21H30N2O3S/c1-8-15(6)26-17-10-9-16(11-18(17)25-7)12-19-20(24)23(14(4)5)21(27-19)22-13(2)3/h9-15H,8H2,1-7H3/b19-12+,22-21?/t15-/m0/s1. The first kappa shape index (κ1) is 21.4. The second-order valence-electron chi connectivity index (χ2n) is 7.13. The van der Waals surface area contributed by atoms with Crippen molar-refractivity contribution in [2.24, 2.45) is 4.99 Å². The third kappa shape index (κ3) is 5.28. The van der Waals surface area contributed by atoms with E-state index < -0.39 is 0 Å². The number of nitrogens with zero attached hydrogens (tertiary/aromatic N) is 2. The summed E-state index contributed by atoms with van der Waals surface area (Å²) in [5, 5.41) is 0.764. The van der Waals surface area contributed by atoms with Crippen molar-refractivity contribution < 1.29 is 14.3 Å². The van der Waals surface area contributed by atoms with Gasteiger partial charge in [-0.2, -0.15) is 0 Å². The van der Waals surface area contributed by atoms with Gasteiger partial charge < -0.3 is 9.47 Å². The molecule has 6 heteroatoms. The fourth-order valence-electron chi connectivity index (χ4n) is 2.58. The van der Waals surface area contributed by atoms with E-state index in [1.807, 2.05) is 58.9 Å². The highest BCUT2D eigenvalue weighted by Gasteiger charge is 2.35. The van der Waals surface area contributed by atoms with E-state index in [2.05, 4.69) is 11.9 Å². The number of carbonyl (C=O) groups is 1. The minimum atomic E-state index is -0.00621. The number of benzene rings is 1. The smallest absolute Gasteiger partial charge is 0.266 e. The van der Waals surface area contributed by atoms with Crippen molar-refractivity contribution in [1.82, 2.24) is 4.90 Å². The fraction of sp³-hybridized carbons (Fsp3) is 0.524. The van der Waals surface area contributed by atoms with Crippen LogP contribution in [-0.2, 0) is 4.79 Å². The maximum atomic E-state index is 12.8. The SMILES string of the molecule is CC[C@H](C)Oc1ccc(/C=C2/SC(=NC(C)C)N(C(C)C)C2=O)cc1OC. The largest absolute Gasteiger partial charge is 0.493 e. The van der Waals surface area contributed by atoms with Crippen LogP contribution in [-0.4, -0.2) is 41.3 Å². The molecule has 1 heterocycles. The monoisotopic (exact) mass is 390 g/mol. The molecule has 27 heavy (non-hydrogen) atoms. The lowest BCUT2D eigenvalue weighted by Gasteiger charge is -2.20. The van der Waals surface area contributed by atoms with Crippen molar-refractivity contribution in [2.45, 2.75) is 66.2 Å². The molecule has 1 amide bonds. The van der Waals surface area contributed by atoms with E-state index in [0.29, 0.717) is 16.4 Å². The van der Waals surface area contributed by atoms with E-state index in [0.717, 1.165) is 17.2 Å². The Morgan fingerprint density at radius 2 is 1.89 bits per heavy atom. The first-order valence-electron chi connectivity index (χ1n) is 9.42. The van der Waals surface area contributed by atoms with Crippen molar-refractivity contribution in [1.29, 1.82) is 0 Å². The molecule has 0 radical (unpaired) electrons. The van der Waals surface area contributed by atoms with Crippen LogP contribution in [0.15, 0.2) is 28.1 Å². The summed E-state index contributed by atoms with van der Waals surface area (Å²) in [4.78, 5) is 19.9. The third-order valence-electron chi connectivity index (χ3n) is 4.11. The Labute approximate surface area is 166 Å². The Morgan fingerprint density at radius 1 is 1.19 bits per heavy atom. The number of hydrogen-bond acceptors (Lipinski definition) is 5.